The average molecular weight is 350 g/mol. The van der Waals surface area contributed by atoms with Crippen LogP contribution in [0.4, 0.5) is 5.69 Å². The van der Waals surface area contributed by atoms with Crippen molar-refractivity contribution in [3.8, 4) is 16.9 Å². The Morgan fingerprint density at radius 2 is 1.79 bits per heavy atom. The van der Waals surface area contributed by atoms with Gasteiger partial charge in [-0.25, -0.2) is 0 Å². The molecule has 24 heavy (non-hydrogen) atoms. The van der Waals surface area contributed by atoms with Crippen LogP contribution in [-0.4, -0.2) is 17.1 Å². The van der Waals surface area contributed by atoms with Gasteiger partial charge in [0.2, 0.25) is 0 Å². The molecule has 0 heterocycles. The summed E-state index contributed by atoms with van der Waals surface area (Å²) >= 11 is 6.30. The van der Waals surface area contributed by atoms with Crippen molar-refractivity contribution in [2.24, 2.45) is 0 Å². The van der Waals surface area contributed by atoms with E-state index in [9.17, 15) is 15.2 Å². The fraction of sp³-hybridized carbons (Fsp3) is 0.333. The molecule has 0 aromatic heterocycles. The van der Waals surface area contributed by atoms with Gasteiger partial charge in [-0.2, -0.15) is 0 Å². The maximum absolute atomic E-state index is 11.5. The Morgan fingerprint density at radius 1 is 1.17 bits per heavy atom. The maximum atomic E-state index is 11.5. The molecule has 0 saturated carbocycles. The normalized spacial score (nSPS) is 11.4. The Balaban J connectivity index is 2.92. The molecule has 0 unspecified atom stereocenters. The SMILES string of the molecule is CCC(O)(CC)c1cccc(OC)c1-c1c(Cl)cccc1[N+](=O)[O-]. The van der Waals surface area contributed by atoms with E-state index in [0.717, 1.165) is 0 Å². The van der Waals surface area contributed by atoms with Crippen LogP contribution >= 0.6 is 11.6 Å². The molecule has 6 heteroatoms. The molecular weight excluding hydrogens is 330 g/mol. The third kappa shape index (κ3) is 3.09. The van der Waals surface area contributed by atoms with E-state index in [2.05, 4.69) is 0 Å². The zero-order valence-corrected chi connectivity index (χ0v) is 14.6. The van der Waals surface area contributed by atoms with Crippen LogP contribution in [0.5, 0.6) is 5.75 Å². The molecule has 2 rings (SSSR count). The monoisotopic (exact) mass is 349 g/mol. The zero-order chi connectivity index (χ0) is 17.9. The molecule has 1 N–H and O–H groups in total. The van der Waals surface area contributed by atoms with Crippen LogP contribution in [-0.2, 0) is 5.60 Å². The van der Waals surface area contributed by atoms with Gasteiger partial charge in [0.25, 0.3) is 5.69 Å². The highest BCUT2D eigenvalue weighted by atomic mass is 35.5. The number of halogens is 1. The average Bonchev–Trinajstić information content (AvgIpc) is 2.60. The van der Waals surface area contributed by atoms with Gasteiger partial charge in [-0.15, -0.1) is 0 Å². The van der Waals surface area contributed by atoms with Crippen molar-refractivity contribution in [3.63, 3.8) is 0 Å². The van der Waals surface area contributed by atoms with Crippen molar-refractivity contribution in [2.45, 2.75) is 32.3 Å². The van der Waals surface area contributed by atoms with Crippen LogP contribution in [0.15, 0.2) is 36.4 Å². The van der Waals surface area contributed by atoms with Crippen LogP contribution < -0.4 is 4.74 Å². The molecule has 0 radical (unpaired) electrons. The Labute approximate surface area is 146 Å². The van der Waals surface area contributed by atoms with Crippen LogP contribution in [0.3, 0.4) is 0 Å². The summed E-state index contributed by atoms with van der Waals surface area (Å²) in [6.07, 6.45) is 0.920. The number of nitro groups is 1. The van der Waals surface area contributed by atoms with Crippen molar-refractivity contribution in [2.75, 3.05) is 7.11 Å². The van der Waals surface area contributed by atoms with E-state index in [-0.39, 0.29) is 16.3 Å². The molecular formula is C18H20ClNO4. The molecule has 2 aromatic rings. The largest absolute Gasteiger partial charge is 0.496 e. The third-order valence-corrected chi connectivity index (χ3v) is 4.67. The minimum atomic E-state index is -1.13. The fourth-order valence-corrected chi connectivity index (χ4v) is 3.15. The summed E-state index contributed by atoms with van der Waals surface area (Å²) in [5.41, 5.74) is 0.0444. The number of aliphatic hydroxyl groups is 1. The number of nitrogens with zero attached hydrogens (tertiary/aromatic N) is 1. The van der Waals surface area contributed by atoms with Gasteiger partial charge in [0.15, 0.2) is 0 Å². The van der Waals surface area contributed by atoms with Crippen LogP contribution in [0.2, 0.25) is 5.02 Å². The molecule has 128 valence electrons. The predicted octanol–water partition coefficient (Wildman–Crippen LogP) is 4.93. The van der Waals surface area contributed by atoms with E-state index < -0.39 is 10.5 Å². The first-order chi connectivity index (χ1) is 11.4. The topological polar surface area (TPSA) is 72.6 Å². The van der Waals surface area contributed by atoms with Crippen molar-refractivity contribution >= 4 is 17.3 Å². The molecule has 2 aromatic carbocycles. The number of rotatable bonds is 6. The van der Waals surface area contributed by atoms with E-state index in [1.54, 1.807) is 24.3 Å². The summed E-state index contributed by atoms with van der Waals surface area (Å²) in [7, 11) is 1.49. The van der Waals surface area contributed by atoms with Crippen LogP contribution in [0.25, 0.3) is 11.1 Å². The van der Waals surface area contributed by atoms with Crippen molar-refractivity contribution in [1.29, 1.82) is 0 Å². The van der Waals surface area contributed by atoms with Gasteiger partial charge < -0.3 is 9.84 Å². The molecule has 0 amide bonds. The second kappa shape index (κ2) is 7.20. The Hall–Kier alpha value is -2.11. The first-order valence-electron chi connectivity index (χ1n) is 7.72. The Morgan fingerprint density at radius 3 is 2.33 bits per heavy atom. The van der Waals surface area contributed by atoms with Crippen LogP contribution in [0.1, 0.15) is 32.3 Å². The second-order valence-electron chi connectivity index (χ2n) is 5.51. The lowest BCUT2D eigenvalue weighted by atomic mass is 9.82. The summed E-state index contributed by atoms with van der Waals surface area (Å²) in [5.74, 6) is 0.434. The zero-order valence-electron chi connectivity index (χ0n) is 13.9. The molecule has 0 aliphatic carbocycles. The fourth-order valence-electron chi connectivity index (χ4n) is 2.89. The summed E-state index contributed by atoms with van der Waals surface area (Å²) in [6.45, 7) is 3.74. The van der Waals surface area contributed by atoms with E-state index >= 15 is 0 Å². The van der Waals surface area contributed by atoms with E-state index in [0.29, 0.717) is 29.7 Å². The molecule has 0 aliphatic rings. The van der Waals surface area contributed by atoms with Crippen LogP contribution in [0, 0.1) is 10.1 Å². The molecule has 0 atom stereocenters. The smallest absolute Gasteiger partial charge is 0.278 e. The molecule has 0 saturated heterocycles. The van der Waals surface area contributed by atoms with Gasteiger partial charge in [-0.3, -0.25) is 10.1 Å². The van der Waals surface area contributed by atoms with Gasteiger partial charge >= 0.3 is 0 Å². The predicted molar refractivity (Wildman–Crippen MR) is 94.6 cm³/mol. The Kier molecular flexibility index (Phi) is 5.47. The first-order valence-corrected chi connectivity index (χ1v) is 8.10. The highest BCUT2D eigenvalue weighted by Crippen LogP contribution is 2.47. The number of methoxy groups -OCH3 is 1. The van der Waals surface area contributed by atoms with Gasteiger partial charge in [0.1, 0.15) is 5.75 Å². The standard InChI is InChI=1S/C18H20ClNO4/c1-4-18(21,5-2)12-8-6-11-15(24-3)16(12)17-13(19)9-7-10-14(17)20(22)23/h6-11,21H,4-5H2,1-3H3. The van der Waals surface area contributed by atoms with Crippen molar-refractivity contribution in [1.82, 2.24) is 0 Å². The molecule has 0 fully saturated rings. The van der Waals surface area contributed by atoms with Gasteiger partial charge in [0.05, 0.1) is 28.2 Å². The number of hydrogen-bond donors (Lipinski definition) is 1. The summed E-state index contributed by atoms with van der Waals surface area (Å²) < 4.78 is 5.42. The van der Waals surface area contributed by atoms with Crippen molar-refractivity contribution < 1.29 is 14.8 Å². The van der Waals surface area contributed by atoms with Gasteiger partial charge in [0, 0.05) is 11.6 Å². The minimum Gasteiger partial charge on any atom is -0.496 e. The minimum absolute atomic E-state index is 0.122. The second-order valence-corrected chi connectivity index (χ2v) is 5.92. The van der Waals surface area contributed by atoms with Crippen molar-refractivity contribution in [3.05, 3.63) is 57.1 Å². The molecule has 5 nitrogen and oxygen atoms in total. The highest BCUT2D eigenvalue weighted by Gasteiger charge is 2.33. The lowest BCUT2D eigenvalue weighted by Crippen LogP contribution is -2.24. The molecule has 0 aliphatic heterocycles. The van der Waals surface area contributed by atoms with Gasteiger partial charge in [-0.05, 0) is 30.5 Å². The Bertz CT molecular complexity index is 757. The third-order valence-electron chi connectivity index (χ3n) is 4.36. The van der Waals surface area contributed by atoms with E-state index in [1.165, 1.54) is 19.2 Å². The summed E-state index contributed by atoms with van der Waals surface area (Å²) in [5, 5.41) is 22.7. The number of hydrogen-bond acceptors (Lipinski definition) is 4. The lowest BCUT2D eigenvalue weighted by molar-refractivity contribution is -0.384. The van der Waals surface area contributed by atoms with E-state index in [4.69, 9.17) is 16.3 Å². The summed E-state index contributed by atoms with van der Waals surface area (Å²) in [6, 6.07) is 9.75. The number of nitro benzene ring substituents is 1. The molecule has 0 spiro atoms. The highest BCUT2D eigenvalue weighted by molar-refractivity contribution is 6.34. The first kappa shape index (κ1) is 18.2. The summed E-state index contributed by atoms with van der Waals surface area (Å²) in [4.78, 5) is 11.0. The quantitative estimate of drug-likeness (QED) is 0.592. The lowest BCUT2D eigenvalue weighted by Gasteiger charge is -2.29. The number of benzene rings is 2. The van der Waals surface area contributed by atoms with E-state index in [1.807, 2.05) is 13.8 Å². The number of ether oxygens (including phenoxy) is 1. The van der Waals surface area contributed by atoms with Gasteiger partial charge in [-0.1, -0.05) is 43.6 Å². The molecule has 0 bridgehead atoms. The maximum Gasteiger partial charge on any atom is 0.278 e.